The molecule has 1 atom stereocenters. The lowest BCUT2D eigenvalue weighted by molar-refractivity contribution is 0.0937. The van der Waals surface area contributed by atoms with Crippen molar-refractivity contribution in [2.75, 3.05) is 0 Å². The minimum Gasteiger partial charge on any atom is -0.342 e. The fraction of sp³-hybridized carbons (Fsp3) is 0.167. The number of fused-ring (bicyclic) bond motifs is 1. The Morgan fingerprint density at radius 3 is 2.44 bits per heavy atom. The summed E-state index contributed by atoms with van der Waals surface area (Å²) in [6.07, 6.45) is 0. The number of aromatic nitrogens is 2. The van der Waals surface area contributed by atoms with Crippen molar-refractivity contribution in [3.05, 3.63) is 74.3 Å². The predicted octanol–water partition coefficient (Wildman–Crippen LogP) is 3.73. The van der Waals surface area contributed by atoms with Crippen molar-refractivity contribution in [2.45, 2.75) is 13.0 Å². The number of benzene rings is 2. The first-order chi connectivity index (χ1) is 11.9. The average Bonchev–Trinajstić information content (AvgIpc) is 2.58. The summed E-state index contributed by atoms with van der Waals surface area (Å²) >= 11 is 11.8. The van der Waals surface area contributed by atoms with E-state index in [4.69, 9.17) is 23.2 Å². The molecule has 0 radical (unpaired) electrons. The van der Waals surface area contributed by atoms with Crippen molar-refractivity contribution in [2.24, 2.45) is 7.05 Å². The minimum atomic E-state index is -0.468. The van der Waals surface area contributed by atoms with Crippen LogP contribution in [0.1, 0.15) is 29.1 Å². The Labute approximate surface area is 154 Å². The van der Waals surface area contributed by atoms with Gasteiger partial charge in [-0.2, -0.15) is 0 Å². The molecule has 0 saturated heterocycles. The van der Waals surface area contributed by atoms with Crippen molar-refractivity contribution in [1.82, 2.24) is 14.9 Å². The van der Waals surface area contributed by atoms with Gasteiger partial charge in [-0.15, -0.1) is 0 Å². The Morgan fingerprint density at radius 2 is 1.76 bits per heavy atom. The lowest BCUT2D eigenvalue weighted by Gasteiger charge is -2.17. The van der Waals surface area contributed by atoms with E-state index in [0.717, 1.165) is 0 Å². The highest BCUT2D eigenvalue weighted by atomic mass is 35.5. The zero-order chi connectivity index (χ0) is 18.1. The van der Waals surface area contributed by atoms with Crippen molar-refractivity contribution < 1.29 is 4.79 Å². The SMILES string of the molecule is C[C@H](NC(=O)c1ccc(Cl)cc1)c1nc2cc(Cl)ccc2c(=O)n1C. The number of rotatable bonds is 3. The molecule has 1 heterocycles. The molecule has 3 rings (SSSR count). The first-order valence-corrected chi connectivity index (χ1v) is 8.35. The minimum absolute atomic E-state index is 0.191. The van der Waals surface area contributed by atoms with E-state index in [1.807, 2.05) is 0 Å². The Morgan fingerprint density at radius 1 is 1.12 bits per heavy atom. The molecule has 0 bridgehead atoms. The van der Waals surface area contributed by atoms with Gasteiger partial charge in [-0.25, -0.2) is 4.98 Å². The van der Waals surface area contributed by atoms with Gasteiger partial charge in [-0.3, -0.25) is 14.2 Å². The topological polar surface area (TPSA) is 64.0 Å². The van der Waals surface area contributed by atoms with Crippen LogP contribution in [0.3, 0.4) is 0 Å². The smallest absolute Gasteiger partial charge is 0.261 e. The highest BCUT2D eigenvalue weighted by Gasteiger charge is 2.17. The van der Waals surface area contributed by atoms with Gasteiger partial charge in [0.25, 0.3) is 11.5 Å². The summed E-state index contributed by atoms with van der Waals surface area (Å²) in [5, 5.41) is 4.37. The van der Waals surface area contributed by atoms with Crippen LogP contribution in [0.4, 0.5) is 0 Å². The van der Waals surface area contributed by atoms with E-state index in [1.54, 1.807) is 56.4 Å². The van der Waals surface area contributed by atoms with Gasteiger partial charge in [0.15, 0.2) is 0 Å². The third-order valence-corrected chi connectivity index (χ3v) is 4.40. The number of hydrogen-bond donors (Lipinski definition) is 1. The summed E-state index contributed by atoms with van der Waals surface area (Å²) in [4.78, 5) is 29.4. The molecule has 1 N–H and O–H groups in total. The van der Waals surface area contributed by atoms with Gasteiger partial charge in [0.1, 0.15) is 5.82 Å². The summed E-state index contributed by atoms with van der Waals surface area (Å²) in [5.74, 6) is 0.173. The van der Waals surface area contributed by atoms with Crippen LogP contribution in [-0.2, 0) is 7.05 Å². The molecule has 7 heteroatoms. The molecular weight excluding hydrogens is 361 g/mol. The normalized spacial score (nSPS) is 12.2. The van der Waals surface area contributed by atoms with Crippen molar-refractivity contribution >= 4 is 40.0 Å². The van der Waals surface area contributed by atoms with Gasteiger partial charge >= 0.3 is 0 Å². The molecule has 25 heavy (non-hydrogen) atoms. The second-order valence-corrected chi connectivity index (χ2v) is 6.57. The maximum atomic E-state index is 12.5. The van der Waals surface area contributed by atoms with Gasteiger partial charge in [-0.1, -0.05) is 23.2 Å². The third kappa shape index (κ3) is 3.52. The number of carbonyl (C=O) groups excluding carboxylic acids is 1. The van der Waals surface area contributed by atoms with Crippen LogP contribution >= 0.6 is 23.2 Å². The van der Waals surface area contributed by atoms with Crippen LogP contribution in [-0.4, -0.2) is 15.5 Å². The van der Waals surface area contributed by atoms with Crippen LogP contribution in [0.5, 0.6) is 0 Å². The zero-order valence-electron chi connectivity index (χ0n) is 13.6. The van der Waals surface area contributed by atoms with E-state index in [1.165, 1.54) is 4.57 Å². The molecule has 0 saturated carbocycles. The molecule has 0 aliphatic heterocycles. The molecule has 0 spiro atoms. The molecule has 1 aromatic heterocycles. The van der Waals surface area contributed by atoms with Crippen molar-refractivity contribution in [3.8, 4) is 0 Å². The number of nitrogens with zero attached hydrogens (tertiary/aromatic N) is 2. The number of amides is 1. The molecule has 2 aromatic carbocycles. The summed E-state index contributed by atoms with van der Waals surface area (Å²) in [7, 11) is 1.63. The van der Waals surface area contributed by atoms with E-state index in [2.05, 4.69) is 10.3 Å². The first-order valence-electron chi connectivity index (χ1n) is 7.59. The summed E-state index contributed by atoms with van der Waals surface area (Å²) < 4.78 is 1.43. The second-order valence-electron chi connectivity index (χ2n) is 5.70. The van der Waals surface area contributed by atoms with E-state index >= 15 is 0 Å². The fourth-order valence-electron chi connectivity index (χ4n) is 2.59. The van der Waals surface area contributed by atoms with Gasteiger partial charge in [0, 0.05) is 22.7 Å². The number of hydrogen-bond acceptors (Lipinski definition) is 3. The molecule has 3 aromatic rings. The number of nitrogens with one attached hydrogen (secondary N) is 1. The van der Waals surface area contributed by atoms with Gasteiger partial charge in [0.05, 0.1) is 16.9 Å². The van der Waals surface area contributed by atoms with Gasteiger partial charge in [-0.05, 0) is 49.4 Å². The summed E-state index contributed by atoms with van der Waals surface area (Å²) in [6.45, 7) is 1.77. The van der Waals surface area contributed by atoms with Crippen molar-refractivity contribution in [3.63, 3.8) is 0 Å². The Balaban J connectivity index is 1.95. The Kier molecular flexibility index (Phi) is 4.79. The number of carbonyl (C=O) groups is 1. The monoisotopic (exact) mass is 375 g/mol. The number of halogens is 2. The van der Waals surface area contributed by atoms with Gasteiger partial charge < -0.3 is 5.32 Å². The molecule has 0 unspecified atom stereocenters. The van der Waals surface area contributed by atoms with Crippen LogP contribution < -0.4 is 10.9 Å². The molecule has 0 fully saturated rings. The molecule has 0 aliphatic rings. The molecule has 1 amide bonds. The van der Waals surface area contributed by atoms with E-state index in [0.29, 0.717) is 32.3 Å². The molecular formula is C18H15Cl2N3O2. The quantitative estimate of drug-likeness (QED) is 0.758. The molecule has 0 aliphatic carbocycles. The lowest BCUT2D eigenvalue weighted by Crippen LogP contribution is -2.32. The zero-order valence-corrected chi connectivity index (χ0v) is 15.1. The summed E-state index contributed by atoms with van der Waals surface area (Å²) in [6, 6.07) is 11.0. The highest BCUT2D eigenvalue weighted by Crippen LogP contribution is 2.18. The van der Waals surface area contributed by atoms with Crippen molar-refractivity contribution in [1.29, 1.82) is 0 Å². The highest BCUT2D eigenvalue weighted by molar-refractivity contribution is 6.31. The Bertz CT molecular complexity index is 1010. The van der Waals surface area contributed by atoms with Crippen LogP contribution in [0, 0.1) is 0 Å². The molecule has 5 nitrogen and oxygen atoms in total. The lowest BCUT2D eigenvalue weighted by atomic mass is 10.2. The Hall–Kier alpha value is -2.37. The average molecular weight is 376 g/mol. The van der Waals surface area contributed by atoms with E-state index in [9.17, 15) is 9.59 Å². The fourth-order valence-corrected chi connectivity index (χ4v) is 2.89. The van der Waals surface area contributed by atoms with E-state index < -0.39 is 6.04 Å². The maximum absolute atomic E-state index is 12.5. The van der Waals surface area contributed by atoms with Crippen LogP contribution in [0.25, 0.3) is 10.9 Å². The predicted molar refractivity (Wildman–Crippen MR) is 99.3 cm³/mol. The third-order valence-electron chi connectivity index (χ3n) is 3.91. The van der Waals surface area contributed by atoms with Crippen LogP contribution in [0.15, 0.2) is 47.3 Å². The standard InChI is InChI=1S/C18H15Cl2N3O2/c1-10(21-17(24)11-3-5-12(19)6-4-11)16-22-15-9-13(20)7-8-14(15)18(25)23(16)2/h3-10H,1-2H3,(H,21,24)/t10-/m0/s1. The van der Waals surface area contributed by atoms with Gasteiger partial charge in [0.2, 0.25) is 0 Å². The first kappa shape index (κ1) is 17.5. The van der Waals surface area contributed by atoms with Crippen LogP contribution in [0.2, 0.25) is 10.0 Å². The summed E-state index contributed by atoms with van der Waals surface area (Å²) in [5.41, 5.74) is 0.785. The second kappa shape index (κ2) is 6.86. The van der Waals surface area contributed by atoms with E-state index in [-0.39, 0.29) is 11.5 Å². The largest absolute Gasteiger partial charge is 0.342 e. The molecule has 128 valence electrons. The maximum Gasteiger partial charge on any atom is 0.261 e.